The van der Waals surface area contributed by atoms with Gasteiger partial charge >= 0.3 is 5.97 Å². The first-order valence-corrected chi connectivity index (χ1v) is 5.03. The van der Waals surface area contributed by atoms with Crippen LogP contribution in [-0.2, 0) is 4.74 Å². The number of nitrogens with zero attached hydrogens (tertiary/aromatic N) is 2. The van der Waals surface area contributed by atoms with E-state index in [2.05, 4.69) is 32.4 Å². The molecule has 0 atom stereocenters. The quantitative estimate of drug-likeness (QED) is 0.595. The highest BCUT2D eigenvalue weighted by Crippen LogP contribution is 2.11. The van der Waals surface area contributed by atoms with E-state index in [-0.39, 0.29) is 5.97 Å². The van der Waals surface area contributed by atoms with Gasteiger partial charge in [0.1, 0.15) is 3.70 Å². The molecule has 0 amide bonds. The molecule has 0 bridgehead atoms. The Labute approximate surface area is 94.0 Å². The number of ether oxygens (including phenoxy) is 1. The van der Waals surface area contributed by atoms with Gasteiger partial charge in [0.25, 0.3) is 0 Å². The molecule has 72 valence electrons. The molecule has 14 heavy (non-hydrogen) atoms. The van der Waals surface area contributed by atoms with Gasteiger partial charge < -0.3 is 4.74 Å². The minimum atomic E-state index is -0.380. The molecule has 0 aliphatic heterocycles. The van der Waals surface area contributed by atoms with E-state index in [9.17, 15) is 4.79 Å². The van der Waals surface area contributed by atoms with Crippen LogP contribution in [0.1, 0.15) is 10.5 Å². The highest BCUT2D eigenvalue weighted by Gasteiger charge is 2.11. The summed E-state index contributed by atoms with van der Waals surface area (Å²) >= 11 is 2.10. The predicted octanol–water partition coefficient (Wildman–Crippen LogP) is 1.73. The van der Waals surface area contributed by atoms with Crippen LogP contribution in [0, 0.1) is 3.70 Å². The number of hydrogen-bond donors (Lipinski definition) is 0. The van der Waals surface area contributed by atoms with Crippen LogP contribution in [-0.4, -0.2) is 22.7 Å². The van der Waals surface area contributed by atoms with Crippen molar-refractivity contribution in [3.63, 3.8) is 0 Å². The van der Waals surface area contributed by atoms with E-state index < -0.39 is 0 Å². The van der Waals surface area contributed by atoms with E-state index in [4.69, 9.17) is 0 Å². The first-order valence-electron chi connectivity index (χ1n) is 3.95. The molecule has 0 aliphatic carbocycles. The Hall–Kier alpha value is -1.11. The summed E-state index contributed by atoms with van der Waals surface area (Å²) in [5, 5.41) is 4.18. The zero-order valence-electron chi connectivity index (χ0n) is 7.40. The molecule has 0 radical (unpaired) electrons. The average Bonchev–Trinajstić information content (AvgIpc) is 2.56. The molecular formula is C9H7IN2O2. The number of methoxy groups -OCH3 is 1. The van der Waals surface area contributed by atoms with E-state index >= 15 is 0 Å². The maximum absolute atomic E-state index is 11.4. The van der Waals surface area contributed by atoms with Gasteiger partial charge in [-0.15, -0.1) is 0 Å². The van der Waals surface area contributed by atoms with Gasteiger partial charge in [0.05, 0.1) is 12.6 Å². The van der Waals surface area contributed by atoms with Crippen LogP contribution in [0.5, 0.6) is 0 Å². The van der Waals surface area contributed by atoms with E-state index in [1.165, 1.54) is 7.11 Å². The summed E-state index contributed by atoms with van der Waals surface area (Å²) in [6.07, 6.45) is 0. The fourth-order valence-electron chi connectivity index (χ4n) is 1.24. The third-order valence-corrected chi connectivity index (χ3v) is 2.38. The van der Waals surface area contributed by atoms with Crippen molar-refractivity contribution in [3.05, 3.63) is 33.7 Å². The Kier molecular flexibility index (Phi) is 2.40. The van der Waals surface area contributed by atoms with Crippen LogP contribution >= 0.6 is 22.6 Å². The normalized spacial score (nSPS) is 10.4. The van der Waals surface area contributed by atoms with Gasteiger partial charge in [-0.05, 0) is 40.8 Å². The second kappa shape index (κ2) is 3.56. The summed E-state index contributed by atoms with van der Waals surface area (Å²) in [6, 6.07) is 7.27. The molecule has 0 saturated carbocycles. The van der Waals surface area contributed by atoms with Crippen molar-refractivity contribution in [3.8, 4) is 0 Å². The lowest BCUT2D eigenvalue weighted by Gasteiger charge is -2.01. The maximum Gasteiger partial charge on any atom is 0.356 e. The second-order valence-corrected chi connectivity index (χ2v) is 3.81. The number of hydrogen-bond acceptors (Lipinski definition) is 3. The topological polar surface area (TPSA) is 43.6 Å². The maximum atomic E-state index is 11.4. The van der Waals surface area contributed by atoms with Gasteiger partial charge in [0, 0.05) is 0 Å². The standard InChI is InChI=1S/C9H7IN2O2/c1-14-9(13)7-4-2-3-6-5-8(10)11-12(6)7/h2-5H,1H3. The molecule has 2 heterocycles. The Bertz CT molecular complexity index is 493. The van der Waals surface area contributed by atoms with Crippen molar-refractivity contribution < 1.29 is 9.53 Å². The fraction of sp³-hybridized carbons (Fsp3) is 0.111. The molecule has 2 rings (SSSR count). The Morgan fingerprint density at radius 3 is 3.07 bits per heavy atom. The number of halogens is 1. The number of fused-ring (bicyclic) bond motifs is 1. The SMILES string of the molecule is COC(=O)c1cccc2cc(I)nn12. The first kappa shape index (κ1) is 9.45. The molecule has 5 heteroatoms. The molecule has 0 saturated heterocycles. The molecule has 0 aromatic carbocycles. The van der Waals surface area contributed by atoms with Gasteiger partial charge in [-0.3, -0.25) is 0 Å². The van der Waals surface area contributed by atoms with Crippen LogP contribution < -0.4 is 0 Å². The summed E-state index contributed by atoms with van der Waals surface area (Å²) in [5.41, 5.74) is 1.32. The summed E-state index contributed by atoms with van der Waals surface area (Å²) < 4.78 is 7.07. The lowest BCUT2D eigenvalue weighted by atomic mass is 10.3. The third-order valence-electron chi connectivity index (χ3n) is 1.85. The number of esters is 1. The molecule has 2 aromatic rings. The summed E-state index contributed by atoms with van der Waals surface area (Å²) in [4.78, 5) is 11.4. The molecule has 0 spiro atoms. The minimum Gasteiger partial charge on any atom is -0.464 e. The van der Waals surface area contributed by atoms with Crippen LogP contribution in [0.25, 0.3) is 5.52 Å². The molecule has 4 nitrogen and oxygen atoms in total. The zero-order chi connectivity index (χ0) is 10.1. The number of carbonyl (C=O) groups is 1. The second-order valence-electron chi connectivity index (χ2n) is 2.71. The zero-order valence-corrected chi connectivity index (χ0v) is 9.56. The third kappa shape index (κ3) is 1.47. The van der Waals surface area contributed by atoms with Gasteiger partial charge in [-0.2, -0.15) is 5.10 Å². The monoisotopic (exact) mass is 302 g/mol. The van der Waals surface area contributed by atoms with Crippen LogP contribution in [0.3, 0.4) is 0 Å². The molecular weight excluding hydrogens is 295 g/mol. The highest BCUT2D eigenvalue weighted by atomic mass is 127. The van der Waals surface area contributed by atoms with E-state index in [1.807, 2.05) is 12.1 Å². The van der Waals surface area contributed by atoms with Crippen molar-refractivity contribution >= 4 is 34.1 Å². The van der Waals surface area contributed by atoms with Gasteiger partial charge in [-0.1, -0.05) is 6.07 Å². The van der Waals surface area contributed by atoms with E-state index in [1.54, 1.807) is 16.6 Å². The van der Waals surface area contributed by atoms with Crippen LogP contribution in [0.2, 0.25) is 0 Å². The summed E-state index contributed by atoms with van der Waals surface area (Å²) in [6.45, 7) is 0. The lowest BCUT2D eigenvalue weighted by molar-refractivity contribution is 0.0591. The molecule has 2 aromatic heterocycles. The van der Waals surface area contributed by atoms with Gasteiger partial charge in [0.15, 0.2) is 5.69 Å². The van der Waals surface area contributed by atoms with Crippen LogP contribution in [0.4, 0.5) is 0 Å². The summed E-state index contributed by atoms with van der Waals surface area (Å²) in [7, 11) is 1.36. The molecule has 0 fully saturated rings. The van der Waals surface area contributed by atoms with E-state index in [0.717, 1.165) is 9.22 Å². The largest absolute Gasteiger partial charge is 0.464 e. The molecule has 0 aliphatic rings. The highest BCUT2D eigenvalue weighted by molar-refractivity contribution is 14.1. The van der Waals surface area contributed by atoms with Gasteiger partial charge in [0.2, 0.25) is 0 Å². The smallest absolute Gasteiger partial charge is 0.356 e. The van der Waals surface area contributed by atoms with Crippen molar-refractivity contribution in [1.29, 1.82) is 0 Å². The number of aromatic nitrogens is 2. The van der Waals surface area contributed by atoms with Gasteiger partial charge in [-0.25, -0.2) is 9.31 Å². The van der Waals surface area contributed by atoms with Crippen molar-refractivity contribution in [2.45, 2.75) is 0 Å². The lowest BCUT2D eigenvalue weighted by Crippen LogP contribution is -2.08. The number of pyridine rings is 1. The number of rotatable bonds is 1. The van der Waals surface area contributed by atoms with Crippen LogP contribution in [0.15, 0.2) is 24.3 Å². The molecule has 0 unspecified atom stereocenters. The number of carbonyl (C=O) groups excluding carboxylic acids is 1. The average molecular weight is 302 g/mol. The Balaban J connectivity index is 2.70. The van der Waals surface area contributed by atoms with Crippen molar-refractivity contribution in [1.82, 2.24) is 9.61 Å². The summed E-state index contributed by atoms with van der Waals surface area (Å²) in [5.74, 6) is -0.380. The Morgan fingerprint density at radius 1 is 1.57 bits per heavy atom. The van der Waals surface area contributed by atoms with Crippen molar-refractivity contribution in [2.24, 2.45) is 0 Å². The first-order chi connectivity index (χ1) is 6.72. The minimum absolute atomic E-state index is 0.380. The van der Waals surface area contributed by atoms with Crippen molar-refractivity contribution in [2.75, 3.05) is 7.11 Å². The fourth-order valence-corrected chi connectivity index (χ4v) is 1.78. The molecule has 0 N–H and O–H groups in total. The predicted molar refractivity (Wildman–Crippen MR) is 59.2 cm³/mol. The Morgan fingerprint density at radius 2 is 2.36 bits per heavy atom. The van der Waals surface area contributed by atoms with E-state index in [0.29, 0.717) is 5.69 Å².